The molecule has 1 aromatic carbocycles. The number of hydrogen-bond acceptors (Lipinski definition) is 2. The summed E-state index contributed by atoms with van der Waals surface area (Å²) in [6, 6.07) is 9.31. The molecule has 32 heavy (non-hydrogen) atoms. The monoisotopic (exact) mass is 441 g/mol. The van der Waals surface area contributed by atoms with Crippen LogP contribution in [-0.4, -0.2) is 11.6 Å². The summed E-state index contributed by atoms with van der Waals surface area (Å²) in [5.41, 5.74) is 2.87. The molecule has 0 radical (unpaired) electrons. The molecule has 0 atom stereocenters. The number of pyridine rings is 1. The van der Waals surface area contributed by atoms with E-state index in [0.717, 1.165) is 30.5 Å². The van der Waals surface area contributed by atoms with Gasteiger partial charge in [-0.3, -0.25) is 4.98 Å². The van der Waals surface area contributed by atoms with Crippen molar-refractivity contribution in [1.82, 2.24) is 4.98 Å². The van der Waals surface area contributed by atoms with Gasteiger partial charge >= 0.3 is 0 Å². The fourth-order valence-electron chi connectivity index (χ4n) is 4.05. The number of rotatable bonds is 18. The minimum Gasteiger partial charge on any atom is -0.491 e. The van der Waals surface area contributed by atoms with Gasteiger partial charge in [-0.1, -0.05) is 97.0 Å². The van der Waals surface area contributed by atoms with E-state index < -0.39 is 0 Å². The number of benzene rings is 1. The van der Waals surface area contributed by atoms with Crippen molar-refractivity contribution in [3.63, 3.8) is 0 Å². The minimum absolute atomic E-state index is 0.306. The van der Waals surface area contributed by atoms with E-state index in [1.807, 2.05) is 18.3 Å². The van der Waals surface area contributed by atoms with Crippen LogP contribution >= 0.6 is 0 Å². The summed E-state index contributed by atoms with van der Waals surface area (Å²) < 4.78 is 20.2. The second-order valence-corrected chi connectivity index (χ2v) is 9.04. The Bertz CT molecular complexity index is 728. The summed E-state index contributed by atoms with van der Waals surface area (Å²) >= 11 is 0. The van der Waals surface area contributed by atoms with Gasteiger partial charge in [0.1, 0.15) is 0 Å². The number of unbranched alkanes of at least 4 members (excludes halogenated alkanes) is 12. The molecule has 2 aromatic rings. The Balaban J connectivity index is 1.69. The van der Waals surface area contributed by atoms with E-state index in [1.54, 1.807) is 12.1 Å². The predicted octanol–water partition coefficient (Wildman–Crippen LogP) is 9.31. The zero-order valence-corrected chi connectivity index (χ0v) is 20.5. The number of nitrogens with zero attached hydrogens (tertiary/aromatic N) is 1. The molecule has 0 amide bonds. The van der Waals surface area contributed by atoms with Crippen molar-refractivity contribution < 1.29 is 9.13 Å². The first-order chi connectivity index (χ1) is 15.7. The van der Waals surface area contributed by atoms with Crippen molar-refractivity contribution >= 4 is 0 Å². The summed E-state index contributed by atoms with van der Waals surface area (Å²) in [6.45, 7) is 5.07. The van der Waals surface area contributed by atoms with Gasteiger partial charge in [-0.25, -0.2) is 4.39 Å². The average molecular weight is 442 g/mol. The van der Waals surface area contributed by atoms with E-state index in [9.17, 15) is 4.39 Å². The Morgan fingerprint density at radius 2 is 1.34 bits per heavy atom. The van der Waals surface area contributed by atoms with Crippen molar-refractivity contribution in [2.45, 2.75) is 110 Å². The maximum Gasteiger partial charge on any atom is 0.165 e. The first kappa shape index (κ1) is 26.4. The van der Waals surface area contributed by atoms with Crippen LogP contribution in [0.4, 0.5) is 4.39 Å². The summed E-state index contributed by atoms with van der Waals surface area (Å²) in [5, 5.41) is 0. The van der Waals surface area contributed by atoms with E-state index in [-0.39, 0.29) is 5.82 Å². The van der Waals surface area contributed by atoms with Crippen LogP contribution in [0.1, 0.15) is 109 Å². The van der Waals surface area contributed by atoms with E-state index in [0.29, 0.717) is 12.4 Å². The largest absolute Gasteiger partial charge is 0.491 e. The lowest BCUT2D eigenvalue weighted by Crippen LogP contribution is -1.99. The molecule has 2 nitrogen and oxygen atoms in total. The Kier molecular flexibility index (Phi) is 13.7. The first-order valence-corrected chi connectivity index (χ1v) is 13.1. The Labute approximate surface area is 196 Å². The van der Waals surface area contributed by atoms with Crippen LogP contribution in [0.15, 0.2) is 36.5 Å². The Morgan fingerprint density at radius 3 is 1.94 bits per heavy atom. The van der Waals surface area contributed by atoms with Gasteiger partial charge in [-0.2, -0.15) is 0 Å². The van der Waals surface area contributed by atoms with Gasteiger partial charge in [-0.05, 0) is 49.1 Å². The van der Waals surface area contributed by atoms with Gasteiger partial charge in [0.2, 0.25) is 0 Å². The molecule has 0 saturated carbocycles. The highest BCUT2D eigenvalue weighted by Gasteiger charge is 2.08. The minimum atomic E-state index is -0.306. The molecule has 0 aliphatic carbocycles. The van der Waals surface area contributed by atoms with Gasteiger partial charge in [0.15, 0.2) is 11.6 Å². The zero-order valence-electron chi connectivity index (χ0n) is 20.5. The van der Waals surface area contributed by atoms with Gasteiger partial charge in [0.25, 0.3) is 0 Å². The third-order valence-corrected chi connectivity index (χ3v) is 6.13. The highest BCUT2D eigenvalue weighted by atomic mass is 19.1. The lowest BCUT2D eigenvalue weighted by molar-refractivity contribution is 0.290. The quantitative estimate of drug-likeness (QED) is 0.215. The van der Waals surface area contributed by atoms with Crippen LogP contribution in [0.2, 0.25) is 0 Å². The Morgan fingerprint density at radius 1 is 0.719 bits per heavy atom. The van der Waals surface area contributed by atoms with Crippen LogP contribution in [0.3, 0.4) is 0 Å². The molecule has 0 aliphatic rings. The second-order valence-electron chi connectivity index (χ2n) is 9.04. The number of aryl methyl sites for hydroxylation is 1. The molecule has 2 rings (SSSR count). The smallest absolute Gasteiger partial charge is 0.165 e. The van der Waals surface area contributed by atoms with Crippen LogP contribution in [0.5, 0.6) is 5.75 Å². The second kappa shape index (κ2) is 16.7. The summed E-state index contributed by atoms with van der Waals surface area (Å²) in [6.07, 6.45) is 20.8. The Hall–Kier alpha value is -1.90. The van der Waals surface area contributed by atoms with Crippen LogP contribution < -0.4 is 4.74 Å². The fraction of sp³-hybridized carbons (Fsp3) is 0.621. The molecule has 0 aliphatic heterocycles. The van der Waals surface area contributed by atoms with Crippen molar-refractivity contribution in [3.05, 3.63) is 47.9 Å². The molecular formula is C29H44FNO. The average Bonchev–Trinajstić information content (AvgIpc) is 2.81. The molecule has 1 heterocycles. The number of halogens is 1. The van der Waals surface area contributed by atoms with Crippen LogP contribution in [0.25, 0.3) is 11.3 Å². The van der Waals surface area contributed by atoms with Crippen LogP contribution in [0, 0.1) is 5.82 Å². The SMILES string of the molecule is CCCCCCCCCCOc1ccc(-c2ccc(CCCCCCCC)cn2)cc1F. The molecule has 3 heteroatoms. The van der Waals surface area contributed by atoms with Gasteiger partial charge in [0, 0.05) is 11.8 Å². The topological polar surface area (TPSA) is 22.1 Å². The van der Waals surface area contributed by atoms with Crippen LogP contribution in [-0.2, 0) is 6.42 Å². The number of hydrogen-bond donors (Lipinski definition) is 0. The van der Waals surface area contributed by atoms with Gasteiger partial charge in [0.05, 0.1) is 12.3 Å². The van der Waals surface area contributed by atoms with Crippen molar-refractivity contribution in [2.24, 2.45) is 0 Å². The number of ether oxygens (including phenoxy) is 1. The maximum absolute atomic E-state index is 14.5. The molecule has 0 spiro atoms. The van der Waals surface area contributed by atoms with Crippen molar-refractivity contribution in [3.8, 4) is 17.0 Å². The van der Waals surface area contributed by atoms with Gasteiger partial charge in [-0.15, -0.1) is 0 Å². The summed E-state index contributed by atoms with van der Waals surface area (Å²) in [4.78, 5) is 4.56. The molecule has 0 fully saturated rings. The van der Waals surface area contributed by atoms with E-state index in [2.05, 4.69) is 24.9 Å². The lowest BCUT2D eigenvalue weighted by atomic mass is 10.0. The first-order valence-electron chi connectivity index (χ1n) is 13.1. The lowest BCUT2D eigenvalue weighted by Gasteiger charge is -2.09. The number of aromatic nitrogens is 1. The molecule has 0 bridgehead atoms. The zero-order chi connectivity index (χ0) is 22.9. The van der Waals surface area contributed by atoms with Gasteiger partial charge < -0.3 is 4.74 Å². The molecular weight excluding hydrogens is 397 g/mol. The van der Waals surface area contributed by atoms with Crippen molar-refractivity contribution in [1.29, 1.82) is 0 Å². The van der Waals surface area contributed by atoms with Crippen molar-refractivity contribution in [2.75, 3.05) is 6.61 Å². The summed E-state index contributed by atoms with van der Waals surface area (Å²) in [5.74, 6) is 0.0383. The maximum atomic E-state index is 14.5. The molecule has 0 unspecified atom stereocenters. The van der Waals surface area contributed by atoms with E-state index in [4.69, 9.17) is 4.74 Å². The predicted molar refractivity (Wildman–Crippen MR) is 135 cm³/mol. The van der Waals surface area contributed by atoms with E-state index in [1.165, 1.54) is 82.6 Å². The molecule has 0 saturated heterocycles. The van der Waals surface area contributed by atoms with E-state index >= 15 is 0 Å². The third-order valence-electron chi connectivity index (χ3n) is 6.13. The molecule has 178 valence electrons. The molecule has 0 N–H and O–H groups in total. The normalized spacial score (nSPS) is 11.1. The summed E-state index contributed by atoms with van der Waals surface area (Å²) in [7, 11) is 0. The third kappa shape index (κ3) is 10.6. The highest BCUT2D eigenvalue weighted by molar-refractivity contribution is 5.60. The fourth-order valence-corrected chi connectivity index (χ4v) is 4.05. The highest BCUT2D eigenvalue weighted by Crippen LogP contribution is 2.25. The molecule has 1 aromatic heterocycles. The standard InChI is InChI=1S/C29H44FNO/c1-3-5-7-9-11-12-14-16-22-32-29-21-19-26(23-27(29)30)28-20-18-25(24-31-28)17-15-13-10-8-6-4-2/h18-21,23-24H,3-17,22H2,1-2H3.